The van der Waals surface area contributed by atoms with Crippen molar-refractivity contribution in [1.29, 1.82) is 0 Å². The third-order valence-electron chi connectivity index (χ3n) is 3.50. The van der Waals surface area contributed by atoms with Gasteiger partial charge in [-0.25, -0.2) is 4.79 Å². The fourth-order valence-corrected chi connectivity index (χ4v) is 2.36. The van der Waals surface area contributed by atoms with Crippen LogP contribution in [0, 0.1) is 0 Å². The Kier molecular flexibility index (Phi) is 4.56. The molecule has 0 atom stereocenters. The van der Waals surface area contributed by atoms with E-state index in [1.54, 1.807) is 30.3 Å². The summed E-state index contributed by atoms with van der Waals surface area (Å²) in [5, 5.41) is 7.48. The van der Waals surface area contributed by atoms with E-state index < -0.39 is 5.97 Å². The fraction of sp³-hybridized carbons (Fsp3) is 0.167. The van der Waals surface area contributed by atoms with Gasteiger partial charge in [-0.05, 0) is 25.1 Å². The van der Waals surface area contributed by atoms with Crippen molar-refractivity contribution in [3.63, 3.8) is 0 Å². The van der Waals surface area contributed by atoms with Crippen molar-refractivity contribution in [3.8, 4) is 5.75 Å². The number of fused-ring (bicyclic) bond motifs is 1. The summed E-state index contributed by atoms with van der Waals surface area (Å²) in [6.45, 7) is 1.69. The van der Waals surface area contributed by atoms with Crippen LogP contribution in [0.2, 0.25) is 0 Å². The third-order valence-corrected chi connectivity index (χ3v) is 3.50. The van der Waals surface area contributed by atoms with Gasteiger partial charge in [-0.15, -0.1) is 0 Å². The predicted octanol–water partition coefficient (Wildman–Crippen LogP) is 3.00. The van der Waals surface area contributed by atoms with Crippen LogP contribution in [0.4, 0.5) is 0 Å². The molecule has 0 saturated carbocycles. The molecule has 0 aliphatic heterocycles. The van der Waals surface area contributed by atoms with Crippen molar-refractivity contribution >= 4 is 22.7 Å². The highest BCUT2D eigenvalue weighted by molar-refractivity contribution is 6.01. The van der Waals surface area contributed by atoms with Crippen molar-refractivity contribution in [2.45, 2.75) is 6.92 Å². The Morgan fingerprint density at radius 1 is 1.04 bits per heavy atom. The second-order valence-corrected chi connectivity index (χ2v) is 5.15. The maximum absolute atomic E-state index is 12.1. The highest BCUT2D eigenvalue weighted by Crippen LogP contribution is 2.18. The largest absolute Gasteiger partial charge is 0.489 e. The molecule has 6 heteroatoms. The number of ketones is 1. The molecule has 6 nitrogen and oxygen atoms in total. The molecule has 0 saturated heterocycles. The van der Waals surface area contributed by atoms with E-state index >= 15 is 0 Å². The molecular weight excluding hydrogens is 308 g/mol. The van der Waals surface area contributed by atoms with Crippen LogP contribution in [-0.4, -0.2) is 35.2 Å². The minimum atomic E-state index is -0.518. The number of hydrogen-bond donors (Lipinski definition) is 1. The molecule has 0 bridgehead atoms. The number of H-pyrrole nitrogens is 1. The lowest BCUT2D eigenvalue weighted by Gasteiger charge is -2.09. The first-order valence-electron chi connectivity index (χ1n) is 7.50. The number of Topliss-reactive ketones (excluding diaryl/α,β-unsaturated/α-hetero) is 1. The summed E-state index contributed by atoms with van der Waals surface area (Å²) >= 11 is 0. The molecule has 1 N–H and O–H groups in total. The first-order chi connectivity index (χ1) is 11.7. The van der Waals surface area contributed by atoms with Crippen LogP contribution in [-0.2, 0) is 4.74 Å². The second-order valence-electron chi connectivity index (χ2n) is 5.15. The lowest BCUT2D eigenvalue weighted by atomic mass is 10.1. The first-order valence-corrected chi connectivity index (χ1v) is 7.50. The van der Waals surface area contributed by atoms with E-state index in [1.165, 1.54) is 6.92 Å². The number of nitrogens with one attached hydrogen (secondary N) is 1. The Balaban J connectivity index is 1.57. The molecule has 1 heterocycles. The van der Waals surface area contributed by atoms with E-state index in [9.17, 15) is 9.59 Å². The molecule has 0 amide bonds. The number of nitrogens with zero attached hydrogens (tertiary/aromatic N) is 1. The number of hydrogen-bond acceptors (Lipinski definition) is 5. The Labute approximate surface area is 138 Å². The smallest absolute Gasteiger partial charge is 0.359 e. The van der Waals surface area contributed by atoms with Crippen molar-refractivity contribution in [3.05, 3.63) is 59.8 Å². The van der Waals surface area contributed by atoms with E-state index in [-0.39, 0.29) is 24.7 Å². The van der Waals surface area contributed by atoms with Crippen LogP contribution in [0.5, 0.6) is 5.75 Å². The van der Waals surface area contributed by atoms with Crippen molar-refractivity contribution in [1.82, 2.24) is 10.2 Å². The Hall–Kier alpha value is -3.15. The maximum atomic E-state index is 12.1. The Morgan fingerprint density at radius 2 is 1.79 bits per heavy atom. The number of carbonyl (C=O) groups is 2. The van der Waals surface area contributed by atoms with Gasteiger partial charge in [0, 0.05) is 5.39 Å². The molecule has 1 aromatic heterocycles. The summed E-state index contributed by atoms with van der Waals surface area (Å²) in [6.07, 6.45) is 0. The predicted molar refractivity (Wildman–Crippen MR) is 88.3 cm³/mol. The number of para-hydroxylation sites is 2. The van der Waals surface area contributed by atoms with Gasteiger partial charge >= 0.3 is 5.97 Å². The average molecular weight is 324 g/mol. The molecule has 3 rings (SSSR count). The van der Waals surface area contributed by atoms with Crippen LogP contribution in [0.3, 0.4) is 0 Å². The molecule has 3 aromatic rings. The molecule has 0 fully saturated rings. The van der Waals surface area contributed by atoms with E-state index in [0.29, 0.717) is 16.7 Å². The number of esters is 1. The normalized spacial score (nSPS) is 10.5. The van der Waals surface area contributed by atoms with Gasteiger partial charge in [-0.1, -0.05) is 30.3 Å². The SMILES string of the molecule is CC(=O)c1ccccc1OCCOC(=O)c1n[nH]c2ccccc12. The fourth-order valence-electron chi connectivity index (χ4n) is 2.36. The van der Waals surface area contributed by atoms with Gasteiger partial charge in [0.25, 0.3) is 0 Å². The molecule has 122 valence electrons. The molecular formula is C18H16N2O4. The molecule has 0 aliphatic rings. The summed E-state index contributed by atoms with van der Waals surface area (Å²) in [4.78, 5) is 23.6. The molecule has 0 unspecified atom stereocenters. The van der Waals surface area contributed by atoms with Crippen molar-refractivity contribution in [2.75, 3.05) is 13.2 Å². The summed E-state index contributed by atoms with van der Waals surface area (Å²) in [5.41, 5.74) is 1.52. The standard InChI is InChI=1S/C18H16N2O4/c1-12(21)13-6-3-5-9-16(13)23-10-11-24-18(22)17-14-7-2-4-8-15(14)19-20-17/h2-9H,10-11H2,1H3,(H,19,20). The highest BCUT2D eigenvalue weighted by atomic mass is 16.6. The van der Waals surface area contributed by atoms with Gasteiger partial charge in [-0.3, -0.25) is 9.89 Å². The third kappa shape index (κ3) is 3.27. The molecule has 0 spiro atoms. The van der Waals surface area contributed by atoms with Crippen LogP contribution in [0.25, 0.3) is 10.9 Å². The summed E-state index contributed by atoms with van der Waals surface area (Å²) in [5.74, 6) is -0.118. The van der Waals surface area contributed by atoms with Crippen LogP contribution in [0.1, 0.15) is 27.8 Å². The maximum Gasteiger partial charge on any atom is 0.359 e. The molecule has 24 heavy (non-hydrogen) atoms. The molecule has 0 radical (unpaired) electrons. The van der Waals surface area contributed by atoms with Gasteiger partial charge in [0.05, 0.1) is 11.1 Å². The summed E-state index contributed by atoms with van der Waals surface area (Å²) in [7, 11) is 0. The summed E-state index contributed by atoms with van der Waals surface area (Å²) in [6, 6.07) is 14.3. The Bertz CT molecular complexity index is 885. The quantitative estimate of drug-likeness (QED) is 0.428. The highest BCUT2D eigenvalue weighted by Gasteiger charge is 2.15. The molecule has 0 aliphatic carbocycles. The zero-order chi connectivity index (χ0) is 16.9. The van der Waals surface area contributed by atoms with Crippen molar-refractivity contribution in [2.24, 2.45) is 0 Å². The average Bonchev–Trinajstić information content (AvgIpc) is 3.03. The lowest BCUT2D eigenvalue weighted by Crippen LogP contribution is -2.13. The minimum absolute atomic E-state index is 0.0618. The van der Waals surface area contributed by atoms with Gasteiger partial charge < -0.3 is 9.47 Å². The van der Waals surface area contributed by atoms with E-state index in [2.05, 4.69) is 10.2 Å². The second kappa shape index (κ2) is 6.95. The number of carbonyl (C=O) groups excluding carboxylic acids is 2. The minimum Gasteiger partial charge on any atom is -0.489 e. The van der Waals surface area contributed by atoms with Crippen LogP contribution in [0.15, 0.2) is 48.5 Å². The monoisotopic (exact) mass is 324 g/mol. The topological polar surface area (TPSA) is 81.3 Å². The van der Waals surface area contributed by atoms with Crippen LogP contribution >= 0.6 is 0 Å². The van der Waals surface area contributed by atoms with Gasteiger partial charge in [0.2, 0.25) is 0 Å². The number of aromatic nitrogens is 2. The van der Waals surface area contributed by atoms with Crippen LogP contribution < -0.4 is 4.74 Å². The number of aromatic amines is 1. The molecule has 2 aromatic carbocycles. The lowest BCUT2D eigenvalue weighted by molar-refractivity contribution is 0.0444. The number of ether oxygens (including phenoxy) is 2. The Morgan fingerprint density at radius 3 is 2.62 bits per heavy atom. The van der Waals surface area contributed by atoms with Crippen molar-refractivity contribution < 1.29 is 19.1 Å². The zero-order valence-corrected chi connectivity index (χ0v) is 13.1. The van der Waals surface area contributed by atoms with Gasteiger partial charge in [-0.2, -0.15) is 5.10 Å². The first kappa shape index (κ1) is 15.7. The van der Waals surface area contributed by atoms with Gasteiger partial charge in [0.1, 0.15) is 19.0 Å². The number of benzene rings is 2. The zero-order valence-electron chi connectivity index (χ0n) is 13.1. The number of rotatable bonds is 6. The van der Waals surface area contributed by atoms with E-state index in [1.807, 2.05) is 18.2 Å². The van der Waals surface area contributed by atoms with Gasteiger partial charge in [0.15, 0.2) is 11.5 Å². The van der Waals surface area contributed by atoms with E-state index in [4.69, 9.17) is 9.47 Å². The summed E-state index contributed by atoms with van der Waals surface area (Å²) < 4.78 is 10.7. The van der Waals surface area contributed by atoms with E-state index in [0.717, 1.165) is 5.52 Å².